The number of carbonyl (C=O) groups excluding carboxylic acids is 1. The van der Waals surface area contributed by atoms with Gasteiger partial charge in [0.25, 0.3) is 0 Å². The van der Waals surface area contributed by atoms with Crippen molar-refractivity contribution >= 4 is 22.7 Å². The second kappa shape index (κ2) is 4.70. The normalized spacial score (nSPS) is 15.4. The summed E-state index contributed by atoms with van der Waals surface area (Å²) in [6.45, 7) is 3.78. The highest BCUT2D eigenvalue weighted by atomic mass is 32.2. The maximum Gasteiger partial charge on any atom is 0.246 e. The van der Waals surface area contributed by atoms with Crippen molar-refractivity contribution < 1.29 is 4.79 Å². The standard InChI is InChI=1S/C12H14N2OS/c1-9(2)12(15)14-8-16-11(13-14)10-6-4-3-5-7-10/h3-7,9H,8H2,1-2H3. The Morgan fingerprint density at radius 3 is 2.69 bits per heavy atom. The largest absolute Gasteiger partial charge is 0.273 e. The lowest BCUT2D eigenvalue weighted by molar-refractivity contribution is -0.133. The summed E-state index contributed by atoms with van der Waals surface area (Å²) in [5, 5.41) is 6.82. The van der Waals surface area contributed by atoms with Crippen molar-refractivity contribution in [3.63, 3.8) is 0 Å². The van der Waals surface area contributed by atoms with E-state index in [2.05, 4.69) is 5.10 Å². The molecule has 84 valence electrons. The molecule has 0 N–H and O–H groups in total. The van der Waals surface area contributed by atoms with Gasteiger partial charge in [-0.3, -0.25) is 4.79 Å². The highest BCUT2D eigenvalue weighted by molar-refractivity contribution is 8.14. The Labute approximate surface area is 99.5 Å². The second-order valence-corrected chi connectivity index (χ2v) is 4.87. The monoisotopic (exact) mass is 234 g/mol. The first-order chi connectivity index (χ1) is 7.68. The molecule has 3 nitrogen and oxygen atoms in total. The van der Waals surface area contributed by atoms with E-state index in [9.17, 15) is 4.79 Å². The van der Waals surface area contributed by atoms with Gasteiger partial charge in [-0.1, -0.05) is 55.9 Å². The average molecular weight is 234 g/mol. The second-order valence-electron chi connectivity index (χ2n) is 3.94. The third-order valence-electron chi connectivity index (χ3n) is 2.30. The SMILES string of the molecule is CC(C)C(=O)N1CSC(c2ccccc2)=N1. The molecular formula is C12H14N2OS. The molecule has 0 aromatic heterocycles. The molecule has 1 aliphatic rings. The zero-order valence-electron chi connectivity index (χ0n) is 9.38. The first kappa shape index (κ1) is 11.2. The lowest BCUT2D eigenvalue weighted by Crippen LogP contribution is -2.26. The Morgan fingerprint density at radius 2 is 2.06 bits per heavy atom. The van der Waals surface area contributed by atoms with Crippen molar-refractivity contribution in [2.24, 2.45) is 11.0 Å². The highest BCUT2D eigenvalue weighted by Crippen LogP contribution is 2.23. The van der Waals surface area contributed by atoms with Crippen LogP contribution in [0.2, 0.25) is 0 Å². The van der Waals surface area contributed by atoms with Crippen LogP contribution in [0.4, 0.5) is 0 Å². The summed E-state index contributed by atoms with van der Waals surface area (Å²) in [7, 11) is 0. The Kier molecular flexibility index (Phi) is 3.29. The fourth-order valence-electron chi connectivity index (χ4n) is 1.42. The summed E-state index contributed by atoms with van der Waals surface area (Å²) in [6.07, 6.45) is 0. The van der Waals surface area contributed by atoms with Crippen LogP contribution in [0.15, 0.2) is 35.4 Å². The lowest BCUT2D eigenvalue weighted by Gasteiger charge is -2.12. The molecule has 1 heterocycles. The average Bonchev–Trinajstić information content (AvgIpc) is 2.78. The van der Waals surface area contributed by atoms with Crippen LogP contribution in [-0.2, 0) is 4.79 Å². The Morgan fingerprint density at radius 1 is 1.38 bits per heavy atom. The first-order valence-corrected chi connectivity index (χ1v) is 6.25. The molecule has 0 fully saturated rings. The van der Waals surface area contributed by atoms with Crippen LogP contribution in [0.3, 0.4) is 0 Å². The number of thioether (sulfide) groups is 1. The summed E-state index contributed by atoms with van der Waals surface area (Å²) < 4.78 is 0. The van der Waals surface area contributed by atoms with Gasteiger partial charge in [0.1, 0.15) is 5.04 Å². The van der Waals surface area contributed by atoms with E-state index in [0.717, 1.165) is 10.6 Å². The zero-order chi connectivity index (χ0) is 11.5. The van der Waals surface area contributed by atoms with Gasteiger partial charge in [0, 0.05) is 11.5 Å². The van der Waals surface area contributed by atoms with Crippen LogP contribution in [0, 0.1) is 5.92 Å². The van der Waals surface area contributed by atoms with Crippen molar-refractivity contribution in [1.29, 1.82) is 0 Å². The first-order valence-electron chi connectivity index (χ1n) is 5.26. The van der Waals surface area contributed by atoms with E-state index in [-0.39, 0.29) is 11.8 Å². The van der Waals surface area contributed by atoms with Crippen molar-refractivity contribution in [1.82, 2.24) is 5.01 Å². The molecule has 0 radical (unpaired) electrons. The van der Waals surface area contributed by atoms with E-state index in [4.69, 9.17) is 0 Å². The predicted octanol–water partition coefficient (Wildman–Crippen LogP) is 2.54. The summed E-state index contributed by atoms with van der Waals surface area (Å²) in [5.41, 5.74) is 1.08. The molecule has 1 aromatic carbocycles. The van der Waals surface area contributed by atoms with Crippen LogP contribution >= 0.6 is 11.8 Å². The number of hydrogen-bond acceptors (Lipinski definition) is 3. The summed E-state index contributed by atoms with van der Waals surface area (Å²) in [5.74, 6) is 0.708. The van der Waals surface area contributed by atoms with Crippen molar-refractivity contribution in [3.05, 3.63) is 35.9 Å². The van der Waals surface area contributed by atoms with Gasteiger partial charge < -0.3 is 0 Å². The molecule has 1 aromatic rings. The predicted molar refractivity (Wildman–Crippen MR) is 67.1 cm³/mol. The van der Waals surface area contributed by atoms with Gasteiger partial charge in [-0.05, 0) is 0 Å². The molecule has 0 spiro atoms. The zero-order valence-corrected chi connectivity index (χ0v) is 10.2. The molecule has 0 atom stereocenters. The van der Waals surface area contributed by atoms with Crippen molar-refractivity contribution in [2.75, 3.05) is 5.88 Å². The van der Waals surface area contributed by atoms with Crippen molar-refractivity contribution in [3.8, 4) is 0 Å². The number of hydrazone groups is 1. The van der Waals surface area contributed by atoms with E-state index < -0.39 is 0 Å². The molecule has 0 aliphatic carbocycles. The van der Waals surface area contributed by atoms with E-state index in [0.29, 0.717) is 5.88 Å². The van der Waals surface area contributed by atoms with Crippen LogP contribution in [0.25, 0.3) is 0 Å². The van der Waals surface area contributed by atoms with E-state index in [1.807, 2.05) is 44.2 Å². The smallest absolute Gasteiger partial charge is 0.246 e. The van der Waals surface area contributed by atoms with Gasteiger partial charge in [0.05, 0.1) is 5.88 Å². The van der Waals surface area contributed by atoms with Crippen LogP contribution in [-0.4, -0.2) is 21.8 Å². The molecule has 4 heteroatoms. The number of hydrogen-bond donors (Lipinski definition) is 0. The fourth-order valence-corrected chi connectivity index (χ4v) is 2.31. The number of amides is 1. The van der Waals surface area contributed by atoms with Gasteiger partial charge in [0.15, 0.2) is 0 Å². The minimum atomic E-state index is -0.000488. The number of carbonyl (C=O) groups is 1. The molecule has 1 amide bonds. The van der Waals surface area contributed by atoms with Gasteiger partial charge in [-0.2, -0.15) is 5.10 Å². The van der Waals surface area contributed by atoms with E-state index in [1.165, 1.54) is 0 Å². The topological polar surface area (TPSA) is 32.7 Å². The number of rotatable bonds is 2. The Hall–Kier alpha value is -1.29. The molecule has 1 aliphatic heterocycles. The van der Waals surface area contributed by atoms with Gasteiger partial charge >= 0.3 is 0 Å². The van der Waals surface area contributed by atoms with Crippen LogP contribution in [0.1, 0.15) is 19.4 Å². The highest BCUT2D eigenvalue weighted by Gasteiger charge is 2.23. The Balaban J connectivity index is 2.16. The third-order valence-corrected chi connectivity index (χ3v) is 3.27. The number of nitrogens with zero attached hydrogens (tertiary/aromatic N) is 2. The summed E-state index contributed by atoms with van der Waals surface area (Å²) in [6, 6.07) is 9.95. The molecule has 0 saturated heterocycles. The minimum absolute atomic E-state index is 0.000488. The Bertz CT molecular complexity index is 414. The molecule has 0 bridgehead atoms. The third kappa shape index (κ3) is 2.27. The fraction of sp³-hybridized carbons (Fsp3) is 0.333. The molecule has 2 rings (SSSR count). The quantitative estimate of drug-likeness (QED) is 0.787. The number of benzene rings is 1. The summed E-state index contributed by atoms with van der Waals surface area (Å²) in [4.78, 5) is 11.7. The van der Waals surface area contributed by atoms with Crippen LogP contribution in [0.5, 0.6) is 0 Å². The van der Waals surface area contributed by atoms with E-state index in [1.54, 1.807) is 16.8 Å². The van der Waals surface area contributed by atoms with Gasteiger partial charge in [-0.15, -0.1) is 0 Å². The molecule has 0 saturated carbocycles. The van der Waals surface area contributed by atoms with E-state index >= 15 is 0 Å². The summed E-state index contributed by atoms with van der Waals surface area (Å²) >= 11 is 1.60. The molecule has 0 unspecified atom stereocenters. The minimum Gasteiger partial charge on any atom is -0.273 e. The van der Waals surface area contributed by atoms with Crippen LogP contribution < -0.4 is 0 Å². The lowest BCUT2D eigenvalue weighted by atomic mass is 10.2. The van der Waals surface area contributed by atoms with Crippen molar-refractivity contribution in [2.45, 2.75) is 13.8 Å². The van der Waals surface area contributed by atoms with Gasteiger partial charge in [0.2, 0.25) is 5.91 Å². The maximum atomic E-state index is 11.7. The maximum absolute atomic E-state index is 11.7. The molecule has 16 heavy (non-hydrogen) atoms. The molecular weight excluding hydrogens is 220 g/mol. The van der Waals surface area contributed by atoms with Gasteiger partial charge in [-0.25, -0.2) is 5.01 Å².